The molecule has 1 rings (SSSR count). The second-order valence-electron chi connectivity index (χ2n) is 3.95. The fraction of sp³-hybridized carbons (Fsp3) is 0.333. The van der Waals surface area contributed by atoms with Crippen LogP contribution < -0.4 is 10.6 Å². The molecule has 6 heteroatoms. The lowest BCUT2D eigenvalue weighted by atomic mass is 10.3. The van der Waals surface area contributed by atoms with Crippen LogP contribution in [0.1, 0.15) is 0 Å². The van der Waals surface area contributed by atoms with Crippen LogP contribution in [0.4, 0.5) is 10.1 Å². The van der Waals surface area contributed by atoms with Gasteiger partial charge in [-0.2, -0.15) is 0 Å². The third kappa shape index (κ3) is 4.92. The molecule has 0 aliphatic heterocycles. The van der Waals surface area contributed by atoms with E-state index < -0.39 is 0 Å². The number of nitrogens with zero attached hydrogens (tertiary/aromatic N) is 1. The first-order chi connectivity index (χ1) is 8.49. The number of likely N-dealkylation sites (N-methyl/N-ethyl adjacent to an activating group) is 1. The second kappa shape index (κ2) is 6.70. The fourth-order valence-electron chi connectivity index (χ4n) is 1.18. The van der Waals surface area contributed by atoms with Crippen molar-refractivity contribution in [3.63, 3.8) is 0 Å². The Morgan fingerprint density at radius 1 is 1.17 bits per heavy atom. The summed E-state index contributed by atoms with van der Waals surface area (Å²) in [6, 6.07) is 5.47. The number of amides is 2. The Morgan fingerprint density at radius 3 is 2.33 bits per heavy atom. The summed E-state index contributed by atoms with van der Waals surface area (Å²) in [5.74, 6) is -0.750. The Labute approximate surface area is 105 Å². The minimum Gasteiger partial charge on any atom is -0.348 e. The van der Waals surface area contributed by atoms with Gasteiger partial charge in [-0.05, 0) is 24.3 Å². The number of rotatable bonds is 5. The summed E-state index contributed by atoms with van der Waals surface area (Å²) < 4.78 is 12.6. The van der Waals surface area contributed by atoms with Crippen LogP contribution in [-0.4, -0.2) is 43.9 Å². The highest BCUT2D eigenvalue weighted by atomic mass is 19.1. The molecule has 0 bridgehead atoms. The molecule has 0 atom stereocenters. The van der Waals surface area contributed by atoms with Crippen LogP contribution in [0.3, 0.4) is 0 Å². The van der Waals surface area contributed by atoms with E-state index in [2.05, 4.69) is 10.6 Å². The molecule has 0 radical (unpaired) electrons. The summed E-state index contributed by atoms with van der Waals surface area (Å²) in [5, 5.41) is 5.30. The maximum Gasteiger partial charge on any atom is 0.238 e. The molecule has 1 aromatic carbocycles. The van der Waals surface area contributed by atoms with E-state index in [1.165, 1.54) is 29.2 Å². The molecule has 1 aromatic rings. The molecule has 0 saturated heterocycles. The van der Waals surface area contributed by atoms with E-state index in [1.807, 2.05) is 0 Å². The lowest BCUT2D eigenvalue weighted by Crippen LogP contribution is -2.37. The highest BCUT2D eigenvalue weighted by Gasteiger charge is 2.05. The van der Waals surface area contributed by atoms with Gasteiger partial charge in [-0.25, -0.2) is 4.39 Å². The van der Waals surface area contributed by atoms with Crippen molar-refractivity contribution in [1.29, 1.82) is 0 Å². The molecule has 5 nitrogen and oxygen atoms in total. The van der Waals surface area contributed by atoms with Crippen LogP contribution in [0.15, 0.2) is 24.3 Å². The van der Waals surface area contributed by atoms with Crippen molar-refractivity contribution in [1.82, 2.24) is 10.2 Å². The first kappa shape index (κ1) is 14.1. The summed E-state index contributed by atoms with van der Waals surface area (Å²) in [7, 11) is 3.28. The molecule has 0 saturated carbocycles. The largest absolute Gasteiger partial charge is 0.348 e. The Balaban J connectivity index is 2.30. The van der Waals surface area contributed by atoms with Crippen molar-refractivity contribution >= 4 is 17.5 Å². The SMILES string of the molecule is CN(C)C(=O)CNCC(=O)Nc1ccc(F)cc1. The van der Waals surface area contributed by atoms with Crippen molar-refractivity contribution in [2.45, 2.75) is 0 Å². The predicted molar refractivity (Wildman–Crippen MR) is 66.6 cm³/mol. The fourth-order valence-corrected chi connectivity index (χ4v) is 1.18. The minimum atomic E-state index is -0.359. The highest BCUT2D eigenvalue weighted by molar-refractivity contribution is 5.92. The van der Waals surface area contributed by atoms with E-state index in [4.69, 9.17) is 0 Å². The van der Waals surface area contributed by atoms with E-state index >= 15 is 0 Å². The molecule has 18 heavy (non-hydrogen) atoms. The number of benzene rings is 1. The van der Waals surface area contributed by atoms with Gasteiger partial charge >= 0.3 is 0 Å². The van der Waals surface area contributed by atoms with Crippen LogP contribution in [-0.2, 0) is 9.59 Å². The molecule has 0 aliphatic rings. The minimum absolute atomic E-state index is 0.0248. The Hall–Kier alpha value is -1.95. The molecule has 0 aliphatic carbocycles. The third-order valence-electron chi connectivity index (χ3n) is 2.19. The van der Waals surface area contributed by atoms with E-state index in [-0.39, 0.29) is 30.7 Å². The van der Waals surface area contributed by atoms with Crippen molar-refractivity contribution in [2.24, 2.45) is 0 Å². The molecular formula is C12H16FN3O2. The quantitative estimate of drug-likeness (QED) is 0.800. The lowest BCUT2D eigenvalue weighted by Gasteiger charge is -2.11. The monoisotopic (exact) mass is 253 g/mol. The predicted octanol–water partition coefficient (Wildman–Crippen LogP) is 0.442. The van der Waals surface area contributed by atoms with Crippen molar-refractivity contribution in [2.75, 3.05) is 32.5 Å². The van der Waals surface area contributed by atoms with Gasteiger partial charge in [-0.3, -0.25) is 14.9 Å². The zero-order chi connectivity index (χ0) is 13.5. The summed E-state index contributed by atoms with van der Waals surface area (Å²) in [5.41, 5.74) is 0.516. The number of nitrogens with one attached hydrogen (secondary N) is 2. The number of carbonyl (C=O) groups is 2. The first-order valence-electron chi connectivity index (χ1n) is 5.45. The molecule has 0 spiro atoms. The average Bonchev–Trinajstić information content (AvgIpc) is 2.32. The van der Waals surface area contributed by atoms with Crippen molar-refractivity contribution in [3.8, 4) is 0 Å². The Morgan fingerprint density at radius 2 is 1.78 bits per heavy atom. The molecule has 0 heterocycles. The molecule has 0 fully saturated rings. The molecule has 2 N–H and O–H groups in total. The van der Waals surface area contributed by atoms with Crippen LogP contribution in [0.5, 0.6) is 0 Å². The van der Waals surface area contributed by atoms with Crippen LogP contribution >= 0.6 is 0 Å². The first-order valence-corrected chi connectivity index (χ1v) is 5.45. The van der Waals surface area contributed by atoms with E-state index in [1.54, 1.807) is 14.1 Å². The van der Waals surface area contributed by atoms with E-state index in [0.29, 0.717) is 5.69 Å². The molecule has 0 unspecified atom stereocenters. The van der Waals surface area contributed by atoms with Crippen molar-refractivity contribution < 1.29 is 14.0 Å². The molecule has 0 aromatic heterocycles. The van der Waals surface area contributed by atoms with Gasteiger partial charge in [0, 0.05) is 19.8 Å². The average molecular weight is 253 g/mol. The van der Waals surface area contributed by atoms with Gasteiger partial charge < -0.3 is 10.2 Å². The van der Waals surface area contributed by atoms with Gasteiger partial charge in [0.2, 0.25) is 11.8 Å². The van der Waals surface area contributed by atoms with Crippen LogP contribution in [0, 0.1) is 5.82 Å². The maximum atomic E-state index is 12.6. The van der Waals surface area contributed by atoms with Gasteiger partial charge in [-0.15, -0.1) is 0 Å². The third-order valence-corrected chi connectivity index (χ3v) is 2.19. The van der Waals surface area contributed by atoms with Gasteiger partial charge in [-0.1, -0.05) is 0 Å². The summed E-state index contributed by atoms with van der Waals surface area (Å²) in [4.78, 5) is 24.1. The van der Waals surface area contributed by atoms with E-state index in [9.17, 15) is 14.0 Å². The highest BCUT2D eigenvalue weighted by Crippen LogP contribution is 2.07. The van der Waals surface area contributed by atoms with Crippen LogP contribution in [0.2, 0.25) is 0 Å². The molecule has 98 valence electrons. The standard InChI is InChI=1S/C12H16FN3O2/c1-16(2)12(18)8-14-7-11(17)15-10-5-3-9(13)4-6-10/h3-6,14H,7-8H2,1-2H3,(H,15,17). The Bertz CT molecular complexity index is 418. The number of carbonyl (C=O) groups excluding carboxylic acids is 2. The van der Waals surface area contributed by atoms with E-state index in [0.717, 1.165) is 0 Å². The molecular weight excluding hydrogens is 237 g/mol. The molecule has 2 amide bonds. The summed E-state index contributed by atoms with van der Waals surface area (Å²) in [6.45, 7) is 0.126. The zero-order valence-corrected chi connectivity index (χ0v) is 10.4. The summed E-state index contributed by atoms with van der Waals surface area (Å²) in [6.07, 6.45) is 0. The summed E-state index contributed by atoms with van der Waals surface area (Å²) >= 11 is 0. The van der Waals surface area contributed by atoms with Gasteiger partial charge in [0.25, 0.3) is 0 Å². The Kier molecular flexibility index (Phi) is 5.26. The number of hydrogen-bond acceptors (Lipinski definition) is 3. The smallest absolute Gasteiger partial charge is 0.238 e. The normalized spacial score (nSPS) is 9.94. The second-order valence-corrected chi connectivity index (χ2v) is 3.95. The number of hydrogen-bond donors (Lipinski definition) is 2. The maximum absolute atomic E-state index is 12.6. The van der Waals surface area contributed by atoms with Gasteiger partial charge in [0.1, 0.15) is 5.82 Å². The number of anilines is 1. The zero-order valence-electron chi connectivity index (χ0n) is 10.4. The van der Waals surface area contributed by atoms with Crippen molar-refractivity contribution in [3.05, 3.63) is 30.1 Å². The van der Waals surface area contributed by atoms with Crippen LogP contribution in [0.25, 0.3) is 0 Å². The van der Waals surface area contributed by atoms with Gasteiger partial charge in [0.05, 0.1) is 13.1 Å². The van der Waals surface area contributed by atoms with Gasteiger partial charge in [0.15, 0.2) is 0 Å². The topological polar surface area (TPSA) is 61.4 Å². The number of halogens is 1. The lowest BCUT2D eigenvalue weighted by molar-refractivity contribution is -0.127.